The van der Waals surface area contributed by atoms with Gasteiger partial charge in [-0.25, -0.2) is 0 Å². The minimum atomic E-state index is -0.505. The fourth-order valence-electron chi connectivity index (χ4n) is 3.52. The molecule has 122 valence electrons. The van der Waals surface area contributed by atoms with E-state index in [1.807, 2.05) is 24.3 Å². The summed E-state index contributed by atoms with van der Waals surface area (Å²) in [7, 11) is 0. The van der Waals surface area contributed by atoms with Gasteiger partial charge in [0.15, 0.2) is 5.11 Å². The Bertz CT molecular complexity index is 830. The van der Waals surface area contributed by atoms with Gasteiger partial charge in [0.2, 0.25) is 0 Å². The van der Waals surface area contributed by atoms with Crippen molar-refractivity contribution >= 4 is 50.5 Å². The fourth-order valence-corrected chi connectivity index (χ4v) is 4.37. The van der Waals surface area contributed by atoms with E-state index in [1.54, 1.807) is 4.90 Å². The third-order valence-electron chi connectivity index (χ3n) is 4.95. The highest BCUT2D eigenvalue weighted by atomic mass is 79.9. The summed E-state index contributed by atoms with van der Waals surface area (Å²) in [6.07, 6.45) is 2.76. The van der Waals surface area contributed by atoms with Crippen LogP contribution in [0.3, 0.4) is 0 Å². The van der Waals surface area contributed by atoms with E-state index >= 15 is 0 Å². The smallest absolute Gasteiger partial charge is 0.259 e. The molecule has 0 atom stereocenters. The molecule has 0 radical (unpaired) electrons. The van der Waals surface area contributed by atoms with Gasteiger partial charge in [0.1, 0.15) is 5.54 Å². The molecule has 1 spiro atoms. The van der Waals surface area contributed by atoms with E-state index in [0.717, 1.165) is 35.1 Å². The first-order chi connectivity index (χ1) is 11.5. The molecule has 0 N–H and O–H groups in total. The average molecular weight is 401 g/mol. The van der Waals surface area contributed by atoms with Gasteiger partial charge >= 0.3 is 0 Å². The van der Waals surface area contributed by atoms with Gasteiger partial charge in [-0.1, -0.05) is 39.7 Å². The molecule has 4 rings (SSSR count). The molecule has 1 saturated heterocycles. The summed E-state index contributed by atoms with van der Waals surface area (Å²) in [5.74, 6) is 0.0948. The number of anilines is 2. The summed E-state index contributed by atoms with van der Waals surface area (Å²) < 4.78 is 0.937. The number of halogens is 1. The van der Waals surface area contributed by atoms with Gasteiger partial charge in [0.25, 0.3) is 5.91 Å². The lowest BCUT2D eigenvalue weighted by molar-refractivity contribution is -0.123. The molecule has 3 nitrogen and oxygen atoms in total. The van der Waals surface area contributed by atoms with Crippen molar-refractivity contribution in [3.8, 4) is 0 Å². The summed E-state index contributed by atoms with van der Waals surface area (Å²) in [6.45, 7) is 2.06. The maximum absolute atomic E-state index is 13.3. The van der Waals surface area contributed by atoms with Gasteiger partial charge in [0.05, 0.1) is 5.69 Å². The molecule has 1 saturated carbocycles. The van der Waals surface area contributed by atoms with Gasteiger partial charge in [-0.15, -0.1) is 0 Å². The van der Waals surface area contributed by atoms with Crippen LogP contribution in [0.25, 0.3) is 0 Å². The maximum Gasteiger partial charge on any atom is 0.259 e. The average Bonchev–Trinajstić information content (AvgIpc) is 2.75. The molecular weight excluding hydrogens is 384 g/mol. The zero-order chi connectivity index (χ0) is 16.9. The lowest BCUT2D eigenvalue weighted by Crippen LogP contribution is -2.55. The molecule has 5 heteroatoms. The molecule has 2 fully saturated rings. The van der Waals surface area contributed by atoms with Crippen LogP contribution in [0.4, 0.5) is 11.4 Å². The van der Waals surface area contributed by atoms with Crippen molar-refractivity contribution in [3.05, 3.63) is 58.6 Å². The molecule has 2 aromatic rings. The quantitative estimate of drug-likeness (QED) is 0.675. The number of nitrogens with zero attached hydrogens (tertiary/aromatic N) is 2. The molecule has 1 amide bonds. The van der Waals surface area contributed by atoms with Crippen LogP contribution in [0.2, 0.25) is 0 Å². The van der Waals surface area contributed by atoms with E-state index in [-0.39, 0.29) is 5.91 Å². The van der Waals surface area contributed by atoms with Crippen molar-refractivity contribution in [1.82, 2.24) is 0 Å². The van der Waals surface area contributed by atoms with Crippen LogP contribution in [0, 0.1) is 6.92 Å². The van der Waals surface area contributed by atoms with Crippen LogP contribution in [0.5, 0.6) is 0 Å². The van der Waals surface area contributed by atoms with E-state index in [0.29, 0.717) is 5.11 Å². The SMILES string of the molecule is Cc1ccc(N2C(=S)N(c3cccc(Br)c3)C(=O)C23CCC3)cc1. The Hall–Kier alpha value is -1.72. The molecule has 2 aromatic carbocycles. The Morgan fingerprint density at radius 2 is 1.79 bits per heavy atom. The summed E-state index contributed by atoms with van der Waals surface area (Å²) in [4.78, 5) is 17.0. The highest BCUT2D eigenvalue weighted by molar-refractivity contribution is 9.10. The Balaban J connectivity index is 1.81. The second-order valence-corrected chi connectivity index (χ2v) is 7.74. The number of aryl methyl sites for hydroxylation is 1. The monoisotopic (exact) mass is 400 g/mol. The van der Waals surface area contributed by atoms with E-state index in [9.17, 15) is 4.79 Å². The van der Waals surface area contributed by atoms with Gasteiger partial charge in [-0.05, 0) is 68.7 Å². The van der Waals surface area contributed by atoms with Gasteiger partial charge in [-0.3, -0.25) is 9.69 Å². The second kappa shape index (κ2) is 5.67. The van der Waals surface area contributed by atoms with E-state index in [2.05, 4.69) is 52.0 Å². The van der Waals surface area contributed by atoms with E-state index in [1.165, 1.54) is 5.56 Å². The normalized spacial score (nSPS) is 19.1. The maximum atomic E-state index is 13.3. The molecule has 2 aliphatic rings. The molecule has 0 aromatic heterocycles. The van der Waals surface area contributed by atoms with Crippen LogP contribution < -0.4 is 9.80 Å². The summed E-state index contributed by atoms with van der Waals surface area (Å²) in [5.41, 5.74) is 2.51. The molecule has 24 heavy (non-hydrogen) atoms. The predicted molar refractivity (Wildman–Crippen MR) is 104 cm³/mol. The number of carbonyl (C=O) groups excluding carboxylic acids is 1. The van der Waals surface area contributed by atoms with Crippen molar-refractivity contribution in [2.24, 2.45) is 0 Å². The number of hydrogen-bond donors (Lipinski definition) is 0. The highest BCUT2D eigenvalue weighted by Crippen LogP contribution is 2.47. The largest absolute Gasteiger partial charge is 0.303 e. The van der Waals surface area contributed by atoms with Crippen molar-refractivity contribution < 1.29 is 4.79 Å². The number of hydrogen-bond acceptors (Lipinski definition) is 2. The minimum Gasteiger partial charge on any atom is -0.303 e. The Morgan fingerprint density at radius 3 is 2.38 bits per heavy atom. The number of rotatable bonds is 2. The first kappa shape index (κ1) is 15.8. The van der Waals surface area contributed by atoms with Crippen molar-refractivity contribution in [3.63, 3.8) is 0 Å². The standard InChI is InChI=1S/C19H17BrN2OS/c1-13-6-8-15(9-7-13)22-18(24)21(16-5-2-4-14(20)12-16)17(23)19(22)10-3-11-19/h2,4-9,12H,3,10-11H2,1H3. The molecule has 0 unspecified atom stereocenters. The number of amides is 1. The van der Waals surface area contributed by atoms with Gasteiger partial charge in [0, 0.05) is 10.2 Å². The Morgan fingerprint density at radius 1 is 1.08 bits per heavy atom. The van der Waals surface area contributed by atoms with Crippen LogP contribution in [-0.2, 0) is 4.79 Å². The van der Waals surface area contributed by atoms with Crippen LogP contribution in [0.1, 0.15) is 24.8 Å². The lowest BCUT2D eigenvalue weighted by atomic mass is 9.75. The molecule has 1 aliphatic heterocycles. The topological polar surface area (TPSA) is 23.6 Å². The van der Waals surface area contributed by atoms with Crippen molar-refractivity contribution in [1.29, 1.82) is 0 Å². The summed E-state index contributed by atoms with van der Waals surface area (Å²) in [5, 5.41) is 0.571. The minimum absolute atomic E-state index is 0.0948. The predicted octanol–water partition coefficient (Wildman–Crippen LogP) is 4.82. The second-order valence-electron chi connectivity index (χ2n) is 6.46. The van der Waals surface area contributed by atoms with E-state index < -0.39 is 5.54 Å². The highest BCUT2D eigenvalue weighted by Gasteiger charge is 2.59. The molecule has 0 bridgehead atoms. The fraction of sp³-hybridized carbons (Fsp3) is 0.263. The zero-order valence-corrected chi connectivity index (χ0v) is 15.7. The summed E-state index contributed by atoms with van der Waals surface area (Å²) >= 11 is 9.23. The van der Waals surface area contributed by atoms with Gasteiger partial charge < -0.3 is 4.90 Å². The van der Waals surface area contributed by atoms with Crippen molar-refractivity contribution in [2.75, 3.05) is 9.80 Å². The first-order valence-electron chi connectivity index (χ1n) is 8.04. The van der Waals surface area contributed by atoms with Crippen molar-refractivity contribution in [2.45, 2.75) is 31.7 Å². The third-order valence-corrected chi connectivity index (χ3v) is 5.81. The molecule has 1 heterocycles. The number of benzene rings is 2. The number of carbonyl (C=O) groups is 1. The molecule has 1 aliphatic carbocycles. The number of thiocarbonyl (C=S) groups is 1. The lowest BCUT2D eigenvalue weighted by Gasteiger charge is -2.43. The first-order valence-corrected chi connectivity index (χ1v) is 9.24. The van der Waals surface area contributed by atoms with Crippen LogP contribution in [0.15, 0.2) is 53.0 Å². The van der Waals surface area contributed by atoms with Gasteiger partial charge in [-0.2, -0.15) is 0 Å². The van der Waals surface area contributed by atoms with E-state index in [4.69, 9.17) is 12.2 Å². The Kier molecular flexibility index (Phi) is 3.73. The van der Waals surface area contributed by atoms with Crippen LogP contribution >= 0.6 is 28.1 Å². The molecular formula is C19H17BrN2OS. The summed E-state index contributed by atoms with van der Waals surface area (Å²) in [6, 6.07) is 16.0. The zero-order valence-electron chi connectivity index (χ0n) is 13.3. The van der Waals surface area contributed by atoms with Crippen LogP contribution in [-0.4, -0.2) is 16.6 Å². The Labute approximate surface area is 155 Å². The third kappa shape index (κ3) is 2.22.